The number of aliphatic carboxylic acids is 1. The van der Waals surface area contributed by atoms with Crippen molar-refractivity contribution in [3.63, 3.8) is 0 Å². The van der Waals surface area contributed by atoms with E-state index in [-0.39, 0.29) is 17.3 Å². The van der Waals surface area contributed by atoms with Crippen LogP contribution in [-0.4, -0.2) is 45.8 Å². The molecule has 1 saturated heterocycles. The van der Waals surface area contributed by atoms with Crippen molar-refractivity contribution in [2.45, 2.75) is 11.7 Å². The van der Waals surface area contributed by atoms with Crippen LogP contribution >= 0.6 is 11.8 Å². The lowest BCUT2D eigenvalue weighted by Gasteiger charge is -2.15. The standard InChI is InChI=1S/C19H17N3O5S/c1-27-15-8-2-12(3-9-15)11-20-21-19-22(13-4-6-14(23)7-5-13)18(26)16(28-19)10-17(24)25/h2-9,11,16,23H,10H2,1H3,(H,24,25)/b20-11+,21-19-. The number of nitrogens with zero attached hydrogens (tertiary/aromatic N) is 3. The first-order chi connectivity index (χ1) is 13.5. The van der Waals surface area contributed by atoms with Crippen molar-refractivity contribution < 1.29 is 24.5 Å². The summed E-state index contributed by atoms with van der Waals surface area (Å²) in [5, 5.41) is 26.1. The maximum Gasteiger partial charge on any atom is 0.305 e. The van der Waals surface area contributed by atoms with Gasteiger partial charge in [-0.15, -0.1) is 5.10 Å². The predicted octanol–water partition coefficient (Wildman–Crippen LogP) is 2.71. The fourth-order valence-electron chi connectivity index (χ4n) is 2.50. The van der Waals surface area contributed by atoms with E-state index in [1.807, 2.05) is 0 Å². The third kappa shape index (κ3) is 4.49. The predicted molar refractivity (Wildman–Crippen MR) is 107 cm³/mol. The van der Waals surface area contributed by atoms with E-state index in [4.69, 9.17) is 9.84 Å². The molecule has 1 unspecified atom stereocenters. The Labute approximate surface area is 165 Å². The first kappa shape index (κ1) is 19.4. The normalized spacial score (nSPS) is 18.2. The smallest absolute Gasteiger partial charge is 0.305 e. The summed E-state index contributed by atoms with van der Waals surface area (Å²) in [6.45, 7) is 0. The molecule has 9 heteroatoms. The van der Waals surface area contributed by atoms with Crippen molar-refractivity contribution >= 4 is 40.7 Å². The molecule has 3 rings (SSSR count). The Morgan fingerprint density at radius 3 is 2.50 bits per heavy atom. The number of amides is 1. The number of phenolic OH excluding ortho intramolecular Hbond substituents is 1. The number of aromatic hydroxyl groups is 1. The number of carbonyl (C=O) groups excluding carboxylic acids is 1. The van der Waals surface area contributed by atoms with Gasteiger partial charge in [0.2, 0.25) is 5.91 Å². The summed E-state index contributed by atoms with van der Waals surface area (Å²) in [7, 11) is 1.58. The molecule has 0 spiro atoms. The molecule has 0 aromatic heterocycles. The highest BCUT2D eigenvalue weighted by atomic mass is 32.2. The minimum absolute atomic E-state index is 0.0566. The van der Waals surface area contributed by atoms with Gasteiger partial charge in [0.05, 0.1) is 25.4 Å². The van der Waals surface area contributed by atoms with Crippen molar-refractivity contribution in [3.8, 4) is 11.5 Å². The summed E-state index contributed by atoms with van der Waals surface area (Å²) in [6.07, 6.45) is 1.20. The van der Waals surface area contributed by atoms with Gasteiger partial charge in [0.25, 0.3) is 0 Å². The average Bonchev–Trinajstić information content (AvgIpc) is 2.98. The number of ether oxygens (including phenoxy) is 1. The van der Waals surface area contributed by atoms with Crippen molar-refractivity contribution in [2.24, 2.45) is 10.2 Å². The molecular weight excluding hydrogens is 382 g/mol. The third-order valence-corrected chi connectivity index (χ3v) is 5.00. The molecule has 144 valence electrons. The summed E-state index contributed by atoms with van der Waals surface area (Å²) in [5.41, 5.74) is 1.26. The lowest BCUT2D eigenvalue weighted by Crippen LogP contribution is -2.32. The third-order valence-electron chi connectivity index (χ3n) is 3.87. The van der Waals surface area contributed by atoms with Gasteiger partial charge in [-0.3, -0.25) is 14.5 Å². The number of hydrogen-bond donors (Lipinski definition) is 2. The fraction of sp³-hybridized carbons (Fsp3) is 0.158. The molecular formula is C19H17N3O5S. The van der Waals surface area contributed by atoms with E-state index in [0.29, 0.717) is 5.69 Å². The highest BCUT2D eigenvalue weighted by Crippen LogP contribution is 2.34. The van der Waals surface area contributed by atoms with Gasteiger partial charge in [-0.1, -0.05) is 11.8 Å². The van der Waals surface area contributed by atoms with E-state index in [0.717, 1.165) is 23.1 Å². The quantitative estimate of drug-likeness (QED) is 0.571. The fourth-order valence-corrected chi connectivity index (χ4v) is 3.58. The molecule has 0 aliphatic carbocycles. The van der Waals surface area contributed by atoms with E-state index in [2.05, 4.69) is 10.2 Å². The van der Waals surface area contributed by atoms with Crippen molar-refractivity contribution in [2.75, 3.05) is 12.0 Å². The average molecular weight is 399 g/mol. The van der Waals surface area contributed by atoms with E-state index in [9.17, 15) is 14.7 Å². The van der Waals surface area contributed by atoms with Crippen molar-refractivity contribution in [1.29, 1.82) is 0 Å². The van der Waals surface area contributed by atoms with Gasteiger partial charge in [-0.05, 0) is 54.1 Å². The first-order valence-electron chi connectivity index (χ1n) is 8.24. The second-order valence-electron chi connectivity index (χ2n) is 5.79. The molecule has 2 aromatic rings. The second kappa shape index (κ2) is 8.57. The SMILES string of the molecule is COc1ccc(/C=N/N=C2\SC(CC(=O)O)C(=O)N2c2ccc(O)cc2)cc1. The summed E-state index contributed by atoms with van der Waals surface area (Å²) in [6, 6.07) is 13.2. The Bertz CT molecular complexity index is 926. The van der Waals surface area contributed by atoms with E-state index >= 15 is 0 Å². The van der Waals surface area contributed by atoms with Crippen LogP contribution in [0.3, 0.4) is 0 Å². The van der Waals surface area contributed by atoms with Crippen LogP contribution in [-0.2, 0) is 9.59 Å². The van der Waals surface area contributed by atoms with Crippen LogP contribution in [0.2, 0.25) is 0 Å². The minimum Gasteiger partial charge on any atom is -0.508 e. The summed E-state index contributed by atoms with van der Waals surface area (Å²) in [4.78, 5) is 25.0. The number of amidine groups is 1. The van der Waals surface area contributed by atoms with Gasteiger partial charge < -0.3 is 14.9 Å². The van der Waals surface area contributed by atoms with Gasteiger partial charge in [-0.2, -0.15) is 5.10 Å². The zero-order valence-corrected chi connectivity index (χ0v) is 15.7. The zero-order chi connectivity index (χ0) is 20.1. The number of phenols is 1. The molecule has 1 amide bonds. The van der Waals surface area contributed by atoms with E-state index < -0.39 is 17.1 Å². The number of thioether (sulfide) groups is 1. The summed E-state index contributed by atoms with van der Waals surface area (Å²) < 4.78 is 5.10. The highest BCUT2D eigenvalue weighted by molar-refractivity contribution is 8.16. The highest BCUT2D eigenvalue weighted by Gasteiger charge is 2.40. The molecule has 1 atom stereocenters. The number of carboxylic acids is 1. The molecule has 1 heterocycles. The summed E-state index contributed by atoms with van der Waals surface area (Å²) in [5.74, 6) is -0.687. The topological polar surface area (TPSA) is 112 Å². The van der Waals surface area contributed by atoms with Crippen LogP contribution in [0, 0.1) is 0 Å². The Kier molecular flexibility index (Phi) is 5.95. The largest absolute Gasteiger partial charge is 0.508 e. The summed E-state index contributed by atoms with van der Waals surface area (Å²) >= 11 is 1.04. The Morgan fingerprint density at radius 1 is 1.21 bits per heavy atom. The monoisotopic (exact) mass is 399 g/mol. The van der Waals surface area contributed by atoms with Crippen LogP contribution in [0.4, 0.5) is 5.69 Å². The lowest BCUT2D eigenvalue weighted by molar-refractivity contribution is -0.138. The van der Waals surface area contributed by atoms with Gasteiger partial charge in [-0.25, -0.2) is 0 Å². The van der Waals surface area contributed by atoms with Crippen LogP contribution in [0.15, 0.2) is 58.7 Å². The molecule has 0 bridgehead atoms. The number of hydrogen-bond acceptors (Lipinski definition) is 7. The first-order valence-corrected chi connectivity index (χ1v) is 9.12. The van der Waals surface area contributed by atoms with Crippen LogP contribution < -0.4 is 9.64 Å². The van der Waals surface area contributed by atoms with Crippen LogP contribution in [0.5, 0.6) is 11.5 Å². The zero-order valence-electron chi connectivity index (χ0n) is 14.8. The number of methoxy groups -OCH3 is 1. The van der Waals surface area contributed by atoms with Crippen LogP contribution in [0.1, 0.15) is 12.0 Å². The van der Waals surface area contributed by atoms with Crippen molar-refractivity contribution in [3.05, 3.63) is 54.1 Å². The molecule has 0 radical (unpaired) electrons. The van der Waals surface area contributed by atoms with Gasteiger partial charge >= 0.3 is 5.97 Å². The van der Waals surface area contributed by atoms with Gasteiger partial charge in [0.1, 0.15) is 16.7 Å². The lowest BCUT2D eigenvalue weighted by atomic mass is 10.2. The van der Waals surface area contributed by atoms with Gasteiger partial charge in [0.15, 0.2) is 5.17 Å². The maximum absolute atomic E-state index is 12.7. The van der Waals surface area contributed by atoms with Gasteiger partial charge in [0, 0.05) is 0 Å². The van der Waals surface area contributed by atoms with E-state index in [1.54, 1.807) is 43.5 Å². The number of carboxylic acid groups (broad SMARTS) is 1. The molecule has 8 nitrogen and oxygen atoms in total. The van der Waals surface area contributed by atoms with Crippen molar-refractivity contribution in [1.82, 2.24) is 0 Å². The molecule has 0 saturated carbocycles. The Hall–Kier alpha value is -3.33. The molecule has 28 heavy (non-hydrogen) atoms. The maximum atomic E-state index is 12.7. The number of anilines is 1. The molecule has 2 N–H and O–H groups in total. The Morgan fingerprint density at radius 2 is 1.89 bits per heavy atom. The molecule has 1 aliphatic rings. The van der Waals surface area contributed by atoms with E-state index in [1.165, 1.54) is 23.2 Å². The number of rotatable bonds is 6. The number of carbonyl (C=O) groups is 2. The molecule has 2 aromatic carbocycles. The molecule has 1 fully saturated rings. The van der Waals surface area contributed by atoms with Crippen LogP contribution in [0.25, 0.3) is 0 Å². The molecule has 1 aliphatic heterocycles. The second-order valence-corrected chi connectivity index (χ2v) is 6.96. The number of benzene rings is 2. The Balaban J connectivity index is 1.86. The minimum atomic E-state index is -1.07.